The van der Waals surface area contributed by atoms with Gasteiger partial charge in [-0.25, -0.2) is 4.98 Å². The molecule has 1 aliphatic rings. The van der Waals surface area contributed by atoms with E-state index >= 15 is 0 Å². The Morgan fingerprint density at radius 2 is 1.84 bits per heavy atom. The van der Waals surface area contributed by atoms with E-state index in [9.17, 15) is 0 Å². The zero-order valence-electron chi connectivity index (χ0n) is 11.2. The Morgan fingerprint density at radius 3 is 2.58 bits per heavy atom. The van der Waals surface area contributed by atoms with Crippen LogP contribution in [-0.2, 0) is 0 Å². The van der Waals surface area contributed by atoms with E-state index in [0.717, 1.165) is 35.5 Å². The zero-order valence-corrected chi connectivity index (χ0v) is 12.0. The van der Waals surface area contributed by atoms with Crippen molar-refractivity contribution in [1.82, 2.24) is 4.98 Å². The van der Waals surface area contributed by atoms with Gasteiger partial charge in [0.05, 0.1) is 5.52 Å². The maximum atomic E-state index is 5.84. The standard InChI is InChI=1S/C15H19N3.ClH/c1-11-9-15(18-7-3-2-4-8-18)17-14-6-5-12(16)10-13(11)14;/h5-6,9-10H,2-4,7-8,16H2,1H3;1H. The first-order chi connectivity index (χ1) is 8.74. The Hall–Kier alpha value is -1.48. The van der Waals surface area contributed by atoms with Gasteiger partial charge in [0, 0.05) is 24.2 Å². The number of hydrogen-bond acceptors (Lipinski definition) is 3. The van der Waals surface area contributed by atoms with E-state index in [2.05, 4.69) is 17.9 Å². The summed E-state index contributed by atoms with van der Waals surface area (Å²) in [6, 6.07) is 8.14. The predicted molar refractivity (Wildman–Crippen MR) is 84.2 cm³/mol. The highest BCUT2D eigenvalue weighted by Gasteiger charge is 2.13. The molecule has 1 aromatic heterocycles. The molecule has 102 valence electrons. The number of fused-ring (bicyclic) bond motifs is 1. The van der Waals surface area contributed by atoms with E-state index in [-0.39, 0.29) is 12.4 Å². The lowest BCUT2D eigenvalue weighted by molar-refractivity contribution is 0.574. The molecule has 0 saturated carbocycles. The fourth-order valence-corrected chi connectivity index (χ4v) is 2.68. The minimum absolute atomic E-state index is 0. The normalized spacial score (nSPS) is 15.3. The number of pyridine rings is 1. The van der Waals surface area contributed by atoms with Crippen LogP contribution in [0, 0.1) is 6.92 Å². The number of halogens is 1. The van der Waals surface area contributed by atoms with Gasteiger partial charge in [-0.3, -0.25) is 0 Å². The minimum Gasteiger partial charge on any atom is -0.399 e. The van der Waals surface area contributed by atoms with Crippen molar-refractivity contribution in [2.24, 2.45) is 0 Å². The Balaban J connectivity index is 0.00000133. The third-order valence-corrected chi connectivity index (χ3v) is 3.71. The van der Waals surface area contributed by atoms with Crippen LogP contribution in [0.25, 0.3) is 10.9 Å². The number of nitrogens with zero attached hydrogens (tertiary/aromatic N) is 2. The molecule has 1 saturated heterocycles. The van der Waals surface area contributed by atoms with E-state index < -0.39 is 0 Å². The molecule has 1 aromatic carbocycles. The lowest BCUT2D eigenvalue weighted by atomic mass is 10.1. The first-order valence-corrected chi connectivity index (χ1v) is 6.66. The van der Waals surface area contributed by atoms with Crippen molar-refractivity contribution in [3.63, 3.8) is 0 Å². The van der Waals surface area contributed by atoms with Gasteiger partial charge in [0.15, 0.2) is 0 Å². The molecular weight excluding hydrogens is 258 g/mol. The van der Waals surface area contributed by atoms with Crippen LogP contribution in [0.4, 0.5) is 11.5 Å². The Labute approximate surface area is 120 Å². The zero-order chi connectivity index (χ0) is 12.5. The van der Waals surface area contributed by atoms with E-state index in [4.69, 9.17) is 10.7 Å². The molecule has 3 rings (SSSR count). The number of aryl methyl sites for hydroxylation is 1. The van der Waals surface area contributed by atoms with Crippen molar-refractivity contribution >= 4 is 34.8 Å². The molecule has 19 heavy (non-hydrogen) atoms. The molecule has 1 aliphatic heterocycles. The summed E-state index contributed by atoms with van der Waals surface area (Å²) in [6.45, 7) is 4.40. The summed E-state index contributed by atoms with van der Waals surface area (Å²) >= 11 is 0. The summed E-state index contributed by atoms with van der Waals surface area (Å²) in [5.74, 6) is 1.12. The summed E-state index contributed by atoms with van der Waals surface area (Å²) in [7, 11) is 0. The van der Waals surface area contributed by atoms with Gasteiger partial charge in [0.25, 0.3) is 0 Å². The highest BCUT2D eigenvalue weighted by Crippen LogP contribution is 2.25. The molecule has 0 aliphatic carbocycles. The molecular formula is C15H20ClN3. The third-order valence-electron chi connectivity index (χ3n) is 3.71. The van der Waals surface area contributed by atoms with Crippen molar-refractivity contribution in [3.8, 4) is 0 Å². The molecule has 0 radical (unpaired) electrons. The van der Waals surface area contributed by atoms with Crippen molar-refractivity contribution in [2.45, 2.75) is 26.2 Å². The number of rotatable bonds is 1. The van der Waals surface area contributed by atoms with Crippen LogP contribution in [0.3, 0.4) is 0 Å². The first-order valence-electron chi connectivity index (χ1n) is 6.66. The van der Waals surface area contributed by atoms with Gasteiger partial charge in [-0.1, -0.05) is 0 Å². The van der Waals surface area contributed by atoms with Gasteiger partial charge in [-0.15, -0.1) is 12.4 Å². The summed E-state index contributed by atoms with van der Waals surface area (Å²) in [6.07, 6.45) is 3.90. The van der Waals surface area contributed by atoms with Crippen molar-refractivity contribution in [1.29, 1.82) is 0 Å². The quantitative estimate of drug-likeness (QED) is 0.811. The molecule has 3 nitrogen and oxygen atoms in total. The second kappa shape index (κ2) is 5.66. The number of hydrogen-bond donors (Lipinski definition) is 1. The van der Waals surface area contributed by atoms with Crippen LogP contribution in [0.1, 0.15) is 24.8 Å². The second-order valence-corrected chi connectivity index (χ2v) is 5.12. The van der Waals surface area contributed by atoms with Crippen LogP contribution in [0.2, 0.25) is 0 Å². The number of nitrogen functional groups attached to an aromatic ring is 1. The van der Waals surface area contributed by atoms with Gasteiger partial charge in [0.2, 0.25) is 0 Å². The van der Waals surface area contributed by atoms with Crippen molar-refractivity contribution in [3.05, 3.63) is 29.8 Å². The number of aromatic nitrogens is 1. The number of piperidine rings is 1. The molecule has 1 fully saturated rings. The maximum Gasteiger partial charge on any atom is 0.129 e. The molecule has 2 heterocycles. The van der Waals surface area contributed by atoms with Gasteiger partial charge < -0.3 is 10.6 Å². The average molecular weight is 278 g/mol. The number of anilines is 2. The van der Waals surface area contributed by atoms with Crippen molar-refractivity contribution < 1.29 is 0 Å². The van der Waals surface area contributed by atoms with Crippen LogP contribution >= 0.6 is 12.4 Å². The van der Waals surface area contributed by atoms with E-state index in [0.29, 0.717) is 0 Å². The number of nitrogens with two attached hydrogens (primary N) is 1. The predicted octanol–water partition coefficient (Wildman–Crippen LogP) is 3.54. The van der Waals surface area contributed by atoms with Crippen molar-refractivity contribution in [2.75, 3.05) is 23.7 Å². The fourth-order valence-electron chi connectivity index (χ4n) is 2.68. The minimum atomic E-state index is 0. The molecule has 2 N–H and O–H groups in total. The molecule has 2 aromatic rings. The molecule has 0 unspecified atom stereocenters. The highest BCUT2D eigenvalue weighted by atomic mass is 35.5. The lowest BCUT2D eigenvalue weighted by Gasteiger charge is -2.28. The molecule has 0 spiro atoms. The summed E-state index contributed by atoms with van der Waals surface area (Å²) in [5, 5.41) is 1.16. The van der Waals surface area contributed by atoms with Gasteiger partial charge in [-0.2, -0.15) is 0 Å². The summed E-state index contributed by atoms with van der Waals surface area (Å²) < 4.78 is 0. The lowest BCUT2D eigenvalue weighted by Crippen LogP contribution is -2.30. The summed E-state index contributed by atoms with van der Waals surface area (Å²) in [4.78, 5) is 7.17. The smallest absolute Gasteiger partial charge is 0.129 e. The molecule has 0 amide bonds. The fraction of sp³-hybridized carbons (Fsp3) is 0.400. The van der Waals surface area contributed by atoms with Crippen LogP contribution < -0.4 is 10.6 Å². The summed E-state index contributed by atoms with van der Waals surface area (Å²) in [5.41, 5.74) is 8.94. The topological polar surface area (TPSA) is 42.2 Å². The van der Waals surface area contributed by atoms with E-state index in [1.807, 2.05) is 18.2 Å². The molecule has 0 atom stereocenters. The van der Waals surface area contributed by atoms with Crippen LogP contribution in [0.15, 0.2) is 24.3 Å². The Bertz CT molecular complexity index is 577. The van der Waals surface area contributed by atoms with Crippen LogP contribution in [0.5, 0.6) is 0 Å². The SMILES string of the molecule is Cc1cc(N2CCCCC2)nc2ccc(N)cc12.Cl. The third kappa shape index (κ3) is 2.76. The number of benzene rings is 1. The largest absolute Gasteiger partial charge is 0.399 e. The van der Waals surface area contributed by atoms with Gasteiger partial charge in [0.1, 0.15) is 5.82 Å². The van der Waals surface area contributed by atoms with Gasteiger partial charge >= 0.3 is 0 Å². The van der Waals surface area contributed by atoms with E-state index in [1.54, 1.807) is 0 Å². The Morgan fingerprint density at radius 1 is 1.11 bits per heavy atom. The molecule has 4 heteroatoms. The maximum absolute atomic E-state index is 5.84. The monoisotopic (exact) mass is 277 g/mol. The van der Waals surface area contributed by atoms with Gasteiger partial charge in [-0.05, 0) is 56.0 Å². The highest BCUT2D eigenvalue weighted by molar-refractivity contribution is 5.86. The second-order valence-electron chi connectivity index (χ2n) is 5.12. The van der Waals surface area contributed by atoms with Crippen LogP contribution in [-0.4, -0.2) is 18.1 Å². The Kier molecular flexibility index (Phi) is 4.15. The molecule has 0 bridgehead atoms. The van der Waals surface area contributed by atoms with E-state index in [1.165, 1.54) is 24.8 Å². The average Bonchev–Trinajstić information content (AvgIpc) is 2.40. The first kappa shape index (κ1) is 13.9.